The summed E-state index contributed by atoms with van der Waals surface area (Å²) in [7, 11) is 0. The number of nitrogens with zero attached hydrogens (tertiary/aromatic N) is 2. The topological polar surface area (TPSA) is 72.9 Å². The van der Waals surface area contributed by atoms with E-state index in [9.17, 15) is 18.0 Å². The molecule has 0 aliphatic heterocycles. The smallest absolute Gasteiger partial charge is 0.327 e. The van der Waals surface area contributed by atoms with Crippen molar-refractivity contribution in [3.8, 4) is 5.69 Å². The molecule has 0 aliphatic carbocycles. The van der Waals surface area contributed by atoms with Gasteiger partial charge in [-0.3, -0.25) is 4.79 Å². The van der Waals surface area contributed by atoms with Gasteiger partial charge in [0.1, 0.15) is 5.69 Å². The summed E-state index contributed by atoms with van der Waals surface area (Å²) in [5.41, 5.74) is 5.53. The highest BCUT2D eigenvalue weighted by molar-refractivity contribution is 5.92. The molecule has 5 nitrogen and oxygen atoms in total. The van der Waals surface area contributed by atoms with Crippen molar-refractivity contribution in [2.75, 3.05) is 5.32 Å². The fraction of sp³-hybridized carbons (Fsp3) is 0.333. The largest absolute Gasteiger partial charge is 0.433 e. The Balaban J connectivity index is 0.00000288. The molecule has 0 saturated carbocycles. The number of aromatic nitrogens is 2. The van der Waals surface area contributed by atoms with Crippen LogP contribution in [0.4, 0.5) is 18.9 Å². The van der Waals surface area contributed by atoms with Crippen LogP contribution in [-0.2, 0) is 11.0 Å². The molecule has 1 heterocycles. The van der Waals surface area contributed by atoms with E-state index in [1.807, 2.05) is 0 Å². The van der Waals surface area contributed by atoms with E-state index in [4.69, 9.17) is 5.73 Å². The number of amides is 1. The second kappa shape index (κ2) is 7.67. The highest BCUT2D eigenvalue weighted by Gasteiger charge is 2.35. The van der Waals surface area contributed by atoms with E-state index in [1.54, 1.807) is 13.8 Å². The molecule has 0 spiro atoms. The zero-order valence-electron chi connectivity index (χ0n) is 13.0. The van der Waals surface area contributed by atoms with E-state index < -0.39 is 11.9 Å². The lowest BCUT2D eigenvalue weighted by Gasteiger charge is -2.15. The van der Waals surface area contributed by atoms with Gasteiger partial charge in [0, 0.05) is 11.7 Å². The number of hydrogen-bond donors (Lipinski definition) is 2. The first-order chi connectivity index (χ1) is 10.7. The molecule has 132 valence electrons. The number of anilines is 1. The van der Waals surface area contributed by atoms with Gasteiger partial charge in [-0.15, -0.1) is 12.4 Å². The Hall–Kier alpha value is -2.06. The number of alkyl halides is 3. The Kier molecular flexibility index (Phi) is 6.39. The van der Waals surface area contributed by atoms with Crippen molar-refractivity contribution in [3.63, 3.8) is 0 Å². The molecule has 2 aromatic rings. The van der Waals surface area contributed by atoms with Crippen LogP contribution in [0.15, 0.2) is 36.5 Å². The molecule has 1 amide bonds. The summed E-state index contributed by atoms with van der Waals surface area (Å²) in [5.74, 6) is -0.625. The van der Waals surface area contributed by atoms with E-state index in [1.165, 1.54) is 24.3 Å². The van der Waals surface area contributed by atoms with Gasteiger partial charge in [-0.2, -0.15) is 18.3 Å². The molecule has 0 radical (unpaired) electrons. The minimum atomic E-state index is -4.49. The number of carbonyl (C=O) groups is 1. The second-order valence-electron chi connectivity index (χ2n) is 5.31. The predicted molar refractivity (Wildman–Crippen MR) is 87.3 cm³/mol. The van der Waals surface area contributed by atoms with Crippen molar-refractivity contribution in [3.05, 3.63) is 42.2 Å². The van der Waals surface area contributed by atoms with Crippen LogP contribution in [0.3, 0.4) is 0 Å². The van der Waals surface area contributed by atoms with Gasteiger partial charge in [-0.05, 0) is 37.3 Å². The molecule has 9 heteroatoms. The third-order valence-electron chi connectivity index (χ3n) is 3.51. The van der Waals surface area contributed by atoms with Crippen LogP contribution in [0, 0.1) is 5.92 Å². The third-order valence-corrected chi connectivity index (χ3v) is 3.51. The maximum atomic E-state index is 12.9. The molecule has 2 atom stereocenters. The first-order valence-corrected chi connectivity index (χ1v) is 6.98. The van der Waals surface area contributed by atoms with Gasteiger partial charge in [0.25, 0.3) is 0 Å². The molecule has 1 aromatic heterocycles. The Bertz CT molecular complexity index is 683. The summed E-state index contributed by atoms with van der Waals surface area (Å²) in [5, 5.41) is 6.36. The standard InChI is InChI=1S/C15H17F3N4O.ClH/c1-9(10(2)19)14(23)21-11-3-5-12(6-4-11)22-13(7-8-20-22)15(16,17)18;/h3-10H,19H2,1-2H3,(H,21,23);1H. The van der Waals surface area contributed by atoms with Crippen LogP contribution in [0.25, 0.3) is 5.69 Å². The summed E-state index contributed by atoms with van der Waals surface area (Å²) in [4.78, 5) is 11.9. The molecule has 0 aliphatic rings. The van der Waals surface area contributed by atoms with E-state index in [0.717, 1.165) is 16.9 Å². The highest BCUT2D eigenvalue weighted by atomic mass is 35.5. The fourth-order valence-corrected chi connectivity index (χ4v) is 1.90. The highest BCUT2D eigenvalue weighted by Crippen LogP contribution is 2.30. The molecular weight excluding hydrogens is 345 g/mol. The third kappa shape index (κ3) is 4.48. The summed E-state index contributed by atoms with van der Waals surface area (Å²) in [6, 6.07) is 6.54. The van der Waals surface area contributed by atoms with Gasteiger partial charge in [0.05, 0.1) is 17.8 Å². The van der Waals surface area contributed by atoms with Crippen molar-refractivity contribution < 1.29 is 18.0 Å². The molecule has 2 rings (SSSR count). The van der Waals surface area contributed by atoms with E-state index in [2.05, 4.69) is 10.4 Å². The van der Waals surface area contributed by atoms with Gasteiger partial charge in [0.2, 0.25) is 5.91 Å². The number of nitrogens with two attached hydrogens (primary N) is 1. The Morgan fingerprint density at radius 2 is 1.79 bits per heavy atom. The van der Waals surface area contributed by atoms with Crippen molar-refractivity contribution in [2.24, 2.45) is 11.7 Å². The van der Waals surface area contributed by atoms with Gasteiger partial charge >= 0.3 is 6.18 Å². The van der Waals surface area contributed by atoms with Crippen LogP contribution in [0.5, 0.6) is 0 Å². The van der Waals surface area contributed by atoms with E-state index in [0.29, 0.717) is 5.69 Å². The molecular formula is C15H18ClF3N4O. The van der Waals surface area contributed by atoms with Gasteiger partial charge < -0.3 is 11.1 Å². The normalized spacial score (nSPS) is 13.8. The van der Waals surface area contributed by atoms with Gasteiger partial charge in [0.15, 0.2) is 0 Å². The Labute approximate surface area is 143 Å². The molecule has 3 N–H and O–H groups in total. The maximum Gasteiger partial charge on any atom is 0.433 e. The lowest BCUT2D eigenvalue weighted by atomic mass is 10.0. The van der Waals surface area contributed by atoms with Crippen LogP contribution in [0.2, 0.25) is 0 Å². The number of carbonyl (C=O) groups excluding carboxylic acids is 1. The average molecular weight is 363 g/mol. The van der Waals surface area contributed by atoms with Crippen molar-refractivity contribution in [1.29, 1.82) is 0 Å². The minimum absolute atomic E-state index is 0. The summed E-state index contributed by atoms with van der Waals surface area (Å²) >= 11 is 0. The first kappa shape index (κ1) is 20.0. The monoisotopic (exact) mass is 362 g/mol. The van der Waals surface area contributed by atoms with Crippen molar-refractivity contribution in [2.45, 2.75) is 26.1 Å². The lowest BCUT2D eigenvalue weighted by Crippen LogP contribution is -2.34. The number of hydrogen-bond acceptors (Lipinski definition) is 3. The number of benzene rings is 1. The minimum Gasteiger partial charge on any atom is -0.327 e. The molecule has 2 unspecified atom stereocenters. The number of halogens is 4. The van der Waals surface area contributed by atoms with E-state index >= 15 is 0 Å². The van der Waals surface area contributed by atoms with E-state index in [-0.39, 0.29) is 36.0 Å². The second-order valence-corrected chi connectivity index (χ2v) is 5.31. The number of rotatable bonds is 4. The zero-order valence-corrected chi connectivity index (χ0v) is 13.9. The summed E-state index contributed by atoms with van der Waals surface area (Å²) in [6.07, 6.45) is -3.40. The summed E-state index contributed by atoms with van der Waals surface area (Å²) < 4.78 is 39.4. The lowest BCUT2D eigenvalue weighted by molar-refractivity contribution is -0.142. The molecule has 0 bridgehead atoms. The number of nitrogens with one attached hydrogen (secondary N) is 1. The van der Waals surface area contributed by atoms with Crippen LogP contribution in [-0.4, -0.2) is 21.7 Å². The quantitative estimate of drug-likeness (QED) is 0.877. The summed E-state index contributed by atoms with van der Waals surface area (Å²) in [6.45, 7) is 3.43. The van der Waals surface area contributed by atoms with Crippen LogP contribution < -0.4 is 11.1 Å². The zero-order chi connectivity index (χ0) is 17.2. The molecule has 1 aromatic carbocycles. The Morgan fingerprint density at radius 1 is 1.21 bits per heavy atom. The van der Waals surface area contributed by atoms with Crippen molar-refractivity contribution in [1.82, 2.24) is 9.78 Å². The maximum absolute atomic E-state index is 12.9. The van der Waals surface area contributed by atoms with Gasteiger partial charge in [-0.25, -0.2) is 4.68 Å². The fourth-order valence-electron chi connectivity index (χ4n) is 1.90. The van der Waals surface area contributed by atoms with Crippen LogP contribution in [0.1, 0.15) is 19.5 Å². The van der Waals surface area contributed by atoms with Gasteiger partial charge in [-0.1, -0.05) is 6.92 Å². The molecule has 0 saturated heterocycles. The van der Waals surface area contributed by atoms with Crippen molar-refractivity contribution >= 4 is 24.0 Å². The first-order valence-electron chi connectivity index (χ1n) is 6.98. The molecule has 0 fully saturated rings. The Morgan fingerprint density at radius 3 is 2.29 bits per heavy atom. The average Bonchev–Trinajstić information content (AvgIpc) is 2.96. The molecule has 24 heavy (non-hydrogen) atoms. The van der Waals surface area contributed by atoms with Crippen LogP contribution >= 0.6 is 12.4 Å². The SMILES string of the molecule is CC(N)C(C)C(=O)Nc1ccc(-n2nccc2C(F)(F)F)cc1.Cl. The predicted octanol–water partition coefficient (Wildman–Crippen LogP) is 3.23.